The molecule has 2 rings (SSSR count). The van der Waals surface area contributed by atoms with Crippen molar-refractivity contribution >= 4 is 21.8 Å². The molecule has 0 N–H and O–H groups in total. The van der Waals surface area contributed by atoms with Crippen molar-refractivity contribution < 1.29 is 4.79 Å². The highest BCUT2D eigenvalue weighted by Gasteiger charge is 2.44. The second-order valence-electron chi connectivity index (χ2n) is 4.37. The summed E-state index contributed by atoms with van der Waals surface area (Å²) in [7, 11) is 0. The SMILES string of the molecule is CCC1(CN2CCC(Br)C2=O)CC1. The van der Waals surface area contributed by atoms with Crippen molar-refractivity contribution in [1.82, 2.24) is 4.90 Å². The molecule has 1 aliphatic carbocycles. The van der Waals surface area contributed by atoms with E-state index in [0.29, 0.717) is 11.3 Å². The van der Waals surface area contributed by atoms with Gasteiger partial charge in [-0.25, -0.2) is 0 Å². The molecule has 0 spiro atoms. The van der Waals surface area contributed by atoms with Crippen LogP contribution in [0.25, 0.3) is 0 Å². The molecule has 0 bridgehead atoms. The minimum absolute atomic E-state index is 0.0974. The summed E-state index contributed by atoms with van der Waals surface area (Å²) < 4.78 is 0. The van der Waals surface area contributed by atoms with Gasteiger partial charge in [-0.15, -0.1) is 0 Å². The average molecular weight is 246 g/mol. The second kappa shape index (κ2) is 3.26. The van der Waals surface area contributed by atoms with Crippen molar-refractivity contribution in [3.05, 3.63) is 0 Å². The lowest BCUT2D eigenvalue weighted by molar-refractivity contribution is -0.127. The van der Waals surface area contributed by atoms with Gasteiger partial charge >= 0.3 is 0 Å². The molecule has 3 heteroatoms. The van der Waals surface area contributed by atoms with Crippen LogP contribution in [0.15, 0.2) is 0 Å². The number of amides is 1. The Bertz CT molecular complexity index is 225. The van der Waals surface area contributed by atoms with Crippen LogP contribution in [0.3, 0.4) is 0 Å². The number of alkyl halides is 1. The molecule has 0 aromatic heterocycles. The molecule has 74 valence electrons. The Morgan fingerprint density at radius 2 is 2.31 bits per heavy atom. The number of carbonyl (C=O) groups excluding carboxylic acids is 1. The summed E-state index contributed by atoms with van der Waals surface area (Å²) in [6.07, 6.45) is 4.85. The predicted octanol–water partition coefficient (Wildman–Crippen LogP) is 2.17. The number of halogens is 1. The minimum atomic E-state index is 0.0974. The van der Waals surface area contributed by atoms with Crippen molar-refractivity contribution in [2.45, 2.75) is 37.4 Å². The average Bonchev–Trinajstić information content (AvgIpc) is 2.85. The maximum atomic E-state index is 11.6. The summed E-state index contributed by atoms with van der Waals surface area (Å²) in [5, 5.41) is 0. The molecular formula is C10H16BrNO. The first kappa shape index (κ1) is 9.50. The Morgan fingerprint density at radius 3 is 2.69 bits per heavy atom. The van der Waals surface area contributed by atoms with E-state index in [1.165, 1.54) is 19.3 Å². The van der Waals surface area contributed by atoms with Gasteiger partial charge in [0.25, 0.3) is 0 Å². The van der Waals surface area contributed by atoms with Crippen LogP contribution in [0.2, 0.25) is 0 Å². The lowest BCUT2D eigenvalue weighted by Crippen LogP contribution is -2.33. The fraction of sp³-hybridized carbons (Fsp3) is 0.900. The summed E-state index contributed by atoms with van der Waals surface area (Å²) in [6.45, 7) is 4.19. The van der Waals surface area contributed by atoms with E-state index in [-0.39, 0.29) is 4.83 Å². The van der Waals surface area contributed by atoms with Crippen LogP contribution in [0, 0.1) is 5.41 Å². The van der Waals surface area contributed by atoms with Gasteiger partial charge in [-0.1, -0.05) is 22.9 Å². The van der Waals surface area contributed by atoms with E-state index in [1.807, 2.05) is 4.90 Å². The first-order chi connectivity index (χ1) is 6.17. The van der Waals surface area contributed by atoms with Gasteiger partial charge in [-0.3, -0.25) is 4.79 Å². The van der Waals surface area contributed by atoms with Gasteiger partial charge < -0.3 is 4.90 Å². The number of nitrogens with zero attached hydrogens (tertiary/aromatic N) is 1. The quantitative estimate of drug-likeness (QED) is 0.699. The number of rotatable bonds is 3. The number of hydrogen-bond acceptors (Lipinski definition) is 1. The van der Waals surface area contributed by atoms with E-state index in [2.05, 4.69) is 22.9 Å². The van der Waals surface area contributed by atoms with Crippen LogP contribution in [0.1, 0.15) is 32.6 Å². The largest absolute Gasteiger partial charge is 0.341 e. The van der Waals surface area contributed by atoms with Crippen LogP contribution in [0.5, 0.6) is 0 Å². The Kier molecular flexibility index (Phi) is 2.39. The Labute approximate surface area is 87.8 Å². The zero-order valence-corrected chi connectivity index (χ0v) is 9.64. The molecule has 1 saturated carbocycles. The fourth-order valence-corrected chi connectivity index (χ4v) is 2.56. The fourth-order valence-electron chi connectivity index (χ4n) is 2.06. The van der Waals surface area contributed by atoms with Crippen LogP contribution >= 0.6 is 15.9 Å². The normalized spacial score (nSPS) is 31.1. The molecule has 1 amide bonds. The highest BCUT2D eigenvalue weighted by atomic mass is 79.9. The third-order valence-corrected chi connectivity index (χ3v) is 4.31. The van der Waals surface area contributed by atoms with Crippen molar-refractivity contribution in [3.8, 4) is 0 Å². The second-order valence-corrected chi connectivity index (χ2v) is 5.47. The van der Waals surface area contributed by atoms with Gasteiger partial charge in [-0.05, 0) is 31.1 Å². The molecule has 0 radical (unpaired) electrons. The van der Waals surface area contributed by atoms with Crippen LogP contribution in [-0.4, -0.2) is 28.7 Å². The third-order valence-electron chi connectivity index (χ3n) is 3.47. The van der Waals surface area contributed by atoms with Crippen LogP contribution in [0.4, 0.5) is 0 Å². The Balaban J connectivity index is 1.92. The smallest absolute Gasteiger partial charge is 0.236 e. The molecule has 1 aliphatic heterocycles. The highest BCUT2D eigenvalue weighted by molar-refractivity contribution is 9.10. The topological polar surface area (TPSA) is 20.3 Å². The third kappa shape index (κ3) is 1.76. The molecule has 1 heterocycles. The van der Waals surface area contributed by atoms with Crippen molar-refractivity contribution in [2.24, 2.45) is 5.41 Å². The molecule has 2 fully saturated rings. The number of hydrogen-bond donors (Lipinski definition) is 0. The predicted molar refractivity (Wildman–Crippen MR) is 55.9 cm³/mol. The molecule has 0 aromatic carbocycles. The lowest BCUT2D eigenvalue weighted by atomic mass is 10.0. The van der Waals surface area contributed by atoms with Gasteiger partial charge in [0.1, 0.15) is 0 Å². The molecule has 1 atom stereocenters. The lowest BCUT2D eigenvalue weighted by Gasteiger charge is -2.22. The molecule has 1 saturated heterocycles. The Hall–Kier alpha value is -0.0500. The zero-order chi connectivity index (χ0) is 9.47. The maximum absolute atomic E-state index is 11.6. The number of carbonyl (C=O) groups is 1. The molecule has 0 aromatic rings. The van der Waals surface area contributed by atoms with Crippen molar-refractivity contribution in [2.75, 3.05) is 13.1 Å². The minimum Gasteiger partial charge on any atom is -0.341 e. The van der Waals surface area contributed by atoms with Gasteiger partial charge in [0.15, 0.2) is 0 Å². The standard InChI is InChI=1S/C10H16BrNO/c1-2-10(4-5-10)7-12-6-3-8(11)9(12)13/h8H,2-7H2,1H3. The van der Waals surface area contributed by atoms with Crippen molar-refractivity contribution in [3.63, 3.8) is 0 Å². The molecule has 1 unspecified atom stereocenters. The van der Waals surface area contributed by atoms with Gasteiger partial charge in [0, 0.05) is 13.1 Å². The summed E-state index contributed by atoms with van der Waals surface area (Å²) in [5.74, 6) is 0.305. The summed E-state index contributed by atoms with van der Waals surface area (Å²) in [6, 6.07) is 0. The van der Waals surface area contributed by atoms with Gasteiger partial charge in [0.05, 0.1) is 4.83 Å². The van der Waals surface area contributed by atoms with E-state index in [1.54, 1.807) is 0 Å². The summed E-state index contributed by atoms with van der Waals surface area (Å²) in [5.41, 5.74) is 0.507. The first-order valence-electron chi connectivity index (χ1n) is 5.10. The van der Waals surface area contributed by atoms with E-state index in [4.69, 9.17) is 0 Å². The molecule has 2 aliphatic rings. The molecule has 13 heavy (non-hydrogen) atoms. The van der Waals surface area contributed by atoms with E-state index in [9.17, 15) is 4.79 Å². The van der Waals surface area contributed by atoms with Crippen LogP contribution < -0.4 is 0 Å². The van der Waals surface area contributed by atoms with Gasteiger partial charge in [0.2, 0.25) is 5.91 Å². The van der Waals surface area contributed by atoms with Crippen LogP contribution in [-0.2, 0) is 4.79 Å². The summed E-state index contributed by atoms with van der Waals surface area (Å²) >= 11 is 3.40. The van der Waals surface area contributed by atoms with Crippen molar-refractivity contribution in [1.29, 1.82) is 0 Å². The van der Waals surface area contributed by atoms with E-state index < -0.39 is 0 Å². The molecule has 2 nitrogen and oxygen atoms in total. The highest BCUT2D eigenvalue weighted by Crippen LogP contribution is 2.49. The first-order valence-corrected chi connectivity index (χ1v) is 6.01. The number of likely N-dealkylation sites (tertiary alicyclic amines) is 1. The summed E-state index contributed by atoms with van der Waals surface area (Å²) in [4.78, 5) is 13.7. The Morgan fingerprint density at radius 1 is 1.62 bits per heavy atom. The zero-order valence-electron chi connectivity index (χ0n) is 8.05. The van der Waals surface area contributed by atoms with E-state index in [0.717, 1.165) is 19.5 Å². The van der Waals surface area contributed by atoms with Gasteiger partial charge in [-0.2, -0.15) is 0 Å². The molecular weight excluding hydrogens is 230 g/mol. The monoisotopic (exact) mass is 245 g/mol. The van der Waals surface area contributed by atoms with E-state index >= 15 is 0 Å². The maximum Gasteiger partial charge on any atom is 0.236 e.